The van der Waals surface area contributed by atoms with Crippen molar-refractivity contribution in [2.24, 2.45) is 11.7 Å². The van der Waals surface area contributed by atoms with Gasteiger partial charge >= 0.3 is 0 Å². The summed E-state index contributed by atoms with van der Waals surface area (Å²) in [6, 6.07) is 12.4. The number of nitrogens with two attached hydrogens (primary N) is 1. The van der Waals surface area contributed by atoms with E-state index in [4.69, 9.17) is 5.73 Å². The van der Waals surface area contributed by atoms with Crippen LogP contribution in [0.15, 0.2) is 42.5 Å². The molecule has 2 aromatic rings. The Bertz CT molecular complexity index is 932. The molecular weight excluding hydrogens is 380 g/mol. The highest BCUT2D eigenvalue weighted by molar-refractivity contribution is 5.95. The maximum absolute atomic E-state index is 12.5. The predicted molar refractivity (Wildman–Crippen MR) is 117 cm³/mol. The van der Waals surface area contributed by atoms with Gasteiger partial charge in [0.1, 0.15) is 0 Å². The van der Waals surface area contributed by atoms with Crippen LogP contribution >= 0.6 is 0 Å². The van der Waals surface area contributed by atoms with Crippen molar-refractivity contribution < 1.29 is 14.4 Å². The molecule has 0 spiro atoms. The standard InChI is InChI=1S/C23H28N4O3/c1-15-3-6-20(13-16(15)2)25-21(28)14-27-11-9-18(10-12-27)23(30)26-19-7-4-17(5-8-19)22(24)29/h3-8,13,18H,9-12,14H2,1-2H3,(H2,24,29)(H,25,28)(H,26,30). The average molecular weight is 409 g/mol. The first kappa shape index (κ1) is 21.5. The monoisotopic (exact) mass is 408 g/mol. The second-order valence-electron chi connectivity index (χ2n) is 7.83. The third-order valence-electron chi connectivity index (χ3n) is 5.55. The Labute approximate surface area is 176 Å². The van der Waals surface area contributed by atoms with Gasteiger partial charge in [0.25, 0.3) is 0 Å². The number of amides is 3. The maximum atomic E-state index is 12.5. The van der Waals surface area contributed by atoms with Gasteiger partial charge in [0.15, 0.2) is 0 Å². The van der Waals surface area contributed by atoms with Crippen molar-refractivity contribution in [3.8, 4) is 0 Å². The van der Waals surface area contributed by atoms with E-state index in [1.807, 2.05) is 32.0 Å². The van der Waals surface area contributed by atoms with E-state index in [2.05, 4.69) is 15.5 Å². The average Bonchev–Trinajstić information content (AvgIpc) is 2.71. The van der Waals surface area contributed by atoms with Crippen LogP contribution in [0.25, 0.3) is 0 Å². The van der Waals surface area contributed by atoms with Crippen molar-refractivity contribution in [1.29, 1.82) is 0 Å². The molecule has 30 heavy (non-hydrogen) atoms. The highest BCUT2D eigenvalue weighted by atomic mass is 16.2. The fourth-order valence-corrected chi connectivity index (χ4v) is 3.54. The lowest BCUT2D eigenvalue weighted by Crippen LogP contribution is -2.41. The van der Waals surface area contributed by atoms with Crippen LogP contribution in [0.4, 0.5) is 11.4 Å². The molecule has 0 unspecified atom stereocenters. The highest BCUT2D eigenvalue weighted by Gasteiger charge is 2.26. The zero-order valence-electron chi connectivity index (χ0n) is 17.4. The van der Waals surface area contributed by atoms with Crippen LogP contribution < -0.4 is 16.4 Å². The zero-order chi connectivity index (χ0) is 21.7. The van der Waals surface area contributed by atoms with Crippen LogP contribution in [0.5, 0.6) is 0 Å². The number of piperidine rings is 1. The molecule has 7 heteroatoms. The number of anilines is 2. The van der Waals surface area contributed by atoms with E-state index >= 15 is 0 Å². The van der Waals surface area contributed by atoms with Crippen LogP contribution in [-0.2, 0) is 9.59 Å². The maximum Gasteiger partial charge on any atom is 0.248 e. The molecule has 1 heterocycles. The molecule has 3 amide bonds. The number of nitrogens with one attached hydrogen (secondary N) is 2. The smallest absolute Gasteiger partial charge is 0.248 e. The molecule has 1 aliphatic rings. The number of likely N-dealkylation sites (tertiary alicyclic amines) is 1. The molecule has 1 fully saturated rings. The van der Waals surface area contributed by atoms with E-state index in [1.165, 1.54) is 5.56 Å². The number of carbonyl (C=O) groups excluding carboxylic acids is 3. The summed E-state index contributed by atoms with van der Waals surface area (Å²) < 4.78 is 0. The molecule has 2 aromatic carbocycles. The van der Waals surface area contributed by atoms with Crippen molar-refractivity contribution in [3.63, 3.8) is 0 Å². The normalized spacial score (nSPS) is 14.9. The van der Waals surface area contributed by atoms with Crippen molar-refractivity contribution in [2.75, 3.05) is 30.3 Å². The molecule has 0 atom stereocenters. The quantitative estimate of drug-likeness (QED) is 0.683. The highest BCUT2D eigenvalue weighted by Crippen LogP contribution is 2.20. The number of hydrogen-bond acceptors (Lipinski definition) is 4. The van der Waals surface area contributed by atoms with Crippen molar-refractivity contribution in [2.45, 2.75) is 26.7 Å². The molecular formula is C23H28N4O3. The Morgan fingerprint density at radius 3 is 2.17 bits per heavy atom. The minimum Gasteiger partial charge on any atom is -0.366 e. The number of nitrogens with zero attached hydrogens (tertiary/aromatic N) is 1. The number of rotatable bonds is 6. The summed E-state index contributed by atoms with van der Waals surface area (Å²) in [6.07, 6.45) is 1.39. The first-order chi connectivity index (χ1) is 14.3. The second-order valence-corrected chi connectivity index (χ2v) is 7.83. The van der Waals surface area contributed by atoms with E-state index in [0.717, 1.165) is 11.3 Å². The van der Waals surface area contributed by atoms with Gasteiger partial charge in [-0.1, -0.05) is 6.07 Å². The zero-order valence-corrected chi connectivity index (χ0v) is 17.4. The summed E-state index contributed by atoms with van der Waals surface area (Å²) in [5.74, 6) is -0.682. The van der Waals surface area contributed by atoms with Gasteiger partial charge in [-0.05, 0) is 87.3 Å². The molecule has 7 nitrogen and oxygen atoms in total. The number of aryl methyl sites for hydroxylation is 2. The molecule has 0 aromatic heterocycles. The molecule has 0 radical (unpaired) electrons. The van der Waals surface area contributed by atoms with Gasteiger partial charge in [-0.3, -0.25) is 19.3 Å². The van der Waals surface area contributed by atoms with E-state index in [-0.39, 0.29) is 17.7 Å². The number of benzene rings is 2. The minimum absolute atomic E-state index is 0.0407. The Hall–Kier alpha value is -3.19. The van der Waals surface area contributed by atoms with Crippen molar-refractivity contribution in [1.82, 2.24) is 4.90 Å². The number of carbonyl (C=O) groups is 3. The van der Waals surface area contributed by atoms with Gasteiger partial charge in [-0.25, -0.2) is 0 Å². The largest absolute Gasteiger partial charge is 0.366 e. The first-order valence-electron chi connectivity index (χ1n) is 10.1. The Morgan fingerprint density at radius 1 is 0.933 bits per heavy atom. The fourth-order valence-electron chi connectivity index (χ4n) is 3.54. The third kappa shape index (κ3) is 5.67. The molecule has 1 aliphatic heterocycles. The summed E-state index contributed by atoms with van der Waals surface area (Å²) in [6.45, 7) is 5.76. The molecule has 0 bridgehead atoms. The lowest BCUT2D eigenvalue weighted by Gasteiger charge is -2.30. The van der Waals surface area contributed by atoms with Crippen LogP contribution in [0.1, 0.15) is 34.3 Å². The van der Waals surface area contributed by atoms with Crippen LogP contribution in [0, 0.1) is 19.8 Å². The summed E-state index contributed by atoms with van der Waals surface area (Å²) in [5, 5.41) is 5.83. The number of primary amides is 1. The molecule has 0 aliphatic carbocycles. The van der Waals surface area contributed by atoms with Crippen molar-refractivity contribution in [3.05, 3.63) is 59.2 Å². The van der Waals surface area contributed by atoms with Gasteiger partial charge in [-0.2, -0.15) is 0 Å². The van der Waals surface area contributed by atoms with E-state index in [9.17, 15) is 14.4 Å². The topological polar surface area (TPSA) is 105 Å². The molecule has 4 N–H and O–H groups in total. The first-order valence-corrected chi connectivity index (χ1v) is 10.1. The summed E-state index contributed by atoms with van der Waals surface area (Å²) in [7, 11) is 0. The van der Waals surface area contributed by atoms with Gasteiger partial charge < -0.3 is 16.4 Å². The van der Waals surface area contributed by atoms with Crippen LogP contribution in [0.2, 0.25) is 0 Å². The van der Waals surface area contributed by atoms with Gasteiger partial charge in [0.2, 0.25) is 17.7 Å². The van der Waals surface area contributed by atoms with E-state index < -0.39 is 5.91 Å². The van der Waals surface area contributed by atoms with Gasteiger partial charge in [0, 0.05) is 22.9 Å². The molecule has 1 saturated heterocycles. The Morgan fingerprint density at radius 2 is 1.57 bits per heavy atom. The lowest BCUT2D eigenvalue weighted by molar-refractivity contribution is -0.121. The number of hydrogen-bond donors (Lipinski definition) is 3. The second kappa shape index (κ2) is 9.54. The van der Waals surface area contributed by atoms with Gasteiger partial charge in [0.05, 0.1) is 6.54 Å². The van der Waals surface area contributed by atoms with Crippen LogP contribution in [-0.4, -0.2) is 42.3 Å². The summed E-state index contributed by atoms with van der Waals surface area (Å²) in [4.78, 5) is 38.1. The van der Waals surface area contributed by atoms with Crippen molar-refractivity contribution >= 4 is 29.1 Å². The fraction of sp³-hybridized carbons (Fsp3) is 0.348. The molecule has 3 rings (SSSR count). The van der Waals surface area contributed by atoms with Crippen LogP contribution in [0.3, 0.4) is 0 Å². The minimum atomic E-state index is -0.498. The SMILES string of the molecule is Cc1ccc(NC(=O)CN2CCC(C(=O)Nc3ccc(C(N)=O)cc3)CC2)cc1C. The molecule has 158 valence electrons. The lowest BCUT2D eigenvalue weighted by atomic mass is 9.95. The van der Waals surface area contributed by atoms with E-state index in [1.54, 1.807) is 24.3 Å². The van der Waals surface area contributed by atoms with E-state index in [0.29, 0.717) is 43.7 Å². The summed E-state index contributed by atoms with van der Waals surface area (Å²) in [5.41, 5.74) is 9.41. The van der Waals surface area contributed by atoms with Gasteiger partial charge in [-0.15, -0.1) is 0 Å². The third-order valence-corrected chi connectivity index (χ3v) is 5.55. The Kier molecular flexibility index (Phi) is 6.84. The molecule has 0 saturated carbocycles. The Balaban J connectivity index is 1.44. The predicted octanol–water partition coefficient (Wildman–Crippen LogP) is 2.69. The summed E-state index contributed by atoms with van der Waals surface area (Å²) >= 11 is 0.